The second kappa shape index (κ2) is 8.46. The summed E-state index contributed by atoms with van der Waals surface area (Å²) in [5, 5.41) is 3.08. The number of aryl methyl sites for hydroxylation is 1. The van der Waals surface area contributed by atoms with Crippen molar-refractivity contribution in [2.45, 2.75) is 38.0 Å². The zero-order valence-electron chi connectivity index (χ0n) is 13.7. The van der Waals surface area contributed by atoms with Crippen LogP contribution in [-0.2, 0) is 22.6 Å². The van der Waals surface area contributed by atoms with Crippen molar-refractivity contribution >= 4 is 5.91 Å². The predicted octanol–water partition coefficient (Wildman–Crippen LogP) is 3.65. The van der Waals surface area contributed by atoms with E-state index >= 15 is 0 Å². The maximum Gasteiger partial charge on any atom is 0.249 e. The molecule has 1 amide bonds. The Labute approximate surface area is 143 Å². The van der Waals surface area contributed by atoms with Gasteiger partial charge in [0.05, 0.1) is 6.61 Å². The fourth-order valence-corrected chi connectivity index (χ4v) is 2.85. The van der Waals surface area contributed by atoms with E-state index in [9.17, 15) is 4.79 Å². The number of carbonyl (C=O) groups excluding carboxylic acids is 1. The second-order valence-corrected chi connectivity index (χ2v) is 6.09. The molecule has 0 saturated carbocycles. The summed E-state index contributed by atoms with van der Waals surface area (Å²) in [5.41, 5.74) is 2.38. The van der Waals surface area contributed by atoms with Crippen LogP contribution in [0, 0.1) is 0 Å². The maximum atomic E-state index is 12.4. The van der Waals surface area contributed by atoms with Gasteiger partial charge in [0, 0.05) is 12.5 Å². The van der Waals surface area contributed by atoms with Gasteiger partial charge in [-0.25, -0.2) is 0 Å². The van der Waals surface area contributed by atoms with Crippen LogP contribution < -0.4 is 5.32 Å². The van der Waals surface area contributed by atoms with Crippen LogP contribution in [0.25, 0.3) is 0 Å². The fourth-order valence-electron chi connectivity index (χ4n) is 2.85. The first-order chi connectivity index (χ1) is 11.8. The highest BCUT2D eigenvalue weighted by molar-refractivity contribution is 5.81. The quantitative estimate of drug-likeness (QED) is 0.825. The zero-order valence-corrected chi connectivity index (χ0v) is 13.7. The molecule has 3 rings (SSSR count). The lowest BCUT2D eigenvalue weighted by atomic mass is 10.1. The summed E-state index contributed by atoms with van der Waals surface area (Å²) in [4.78, 5) is 12.4. The number of hydrogen-bond donors (Lipinski definition) is 1. The summed E-state index contributed by atoms with van der Waals surface area (Å²) in [7, 11) is 0. The molecule has 0 bridgehead atoms. The highest BCUT2D eigenvalue weighted by Gasteiger charge is 2.23. The molecule has 0 unspecified atom stereocenters. The van der Waals surface area contributed by atoms with Gasteiger partial charge in [0.15, 0.2) is 0 Å². The van der Waals surface area contributed by atoms with Gasteiger partial charge in [-0.3, -0.25) is 4.79 Å². The van der Waals surface area contributed by atoms with E-state index in [0.29, 0.717) is 13.0 Å². The van der Waals surface area contributed by atoms with Gasteiger partial charge in [0.1, 0.15) is 6.10 Å². The van der Waals surface area contributed by atoms with E-state index in [2.05, 4.69) is 29.6 Å². The molecule has 1 aliphatic rings. The predicted molar refractivity (Wildman–Crippen MR) is 95.5 cm³/mol. The lowest BCUT2D eigenvalue weighted by molar-refractivity contribution is -0.133. The van der Waals surface area contributed by atoms with Gasteiger partial charge >= 0.3 is 0 Å². The lowest BCUT2D eigenvalue weighted by Gasteiger charge is -2.17. The van der Waals surface area contributed by atoms with Crippen LogP contribution in [0.15, 0.2) is 72.8 Å². The number of nitrogens with one attached hydrogen (secondary N) is 1. The number of ether oxygens (including phenoxy) is 1. The molecule has 1 heterocycles. The summed E-state index contributed by atoms with van der Waals surface area (Å²) < 4.78 is 5.81. The monoisotopic (exact) mass is 321 g/mol. The Morgan fingerprint density at radius 1 is 0.958 bits per heavy atom. The van der Waals surface area contributed by atoms with Crippen molar-refractivity contribution in [1.82, 2.24) is 5.32 Å². The van der Waals surface area contributed by atoms with E-state index < -0.39 is 6.10 Å². The minimum Gasteiger partial charge on any atom is -0.363 e. The van der Waals surface area contributed by atoms with E-state index in [1.54, 1.807) is 0 Å². The molecule has 0 spiro atoms. The van der Waals surface area contributed by atoms with Crippen LogP contribution in [-0.4, -0.2) is 18.1 Å². The Balaban J connectivity index is 1.49. The van der Waals surface area contributed by atoms with Crippen molar-refractivity contribution in [2.24, 2.45) is 0 Å². The number of hydrogen-bond acceptors (Lipinski definition) is 2. The van der Waals surface area contributed by atoms with Gasteiger partial charge in [-0.05, 0) is 24.0 Å². The van der Waals surface area contributed by atoms with Gasteiger partial charge in [0.2, 0.25) is 5.91 Å². The minimum absolute atomic E-state index is 0.0195. The molecule has 2 aromatic rings. The molecule has 3 nitrogen and oxygen atoms in total. The SMILES string of the molecule is O=C1N[C@H](CCc2ccccc2)C=CC[C@@H]1OCc1ccccc1. The van der Waals surface area contributed by atoms with Crippen molar-refractivity contribution in [1.29, 1.82) is 0 Å². The van der Waals surface area contributed by atoms with Gasteiger partial charge in [-0.1, -0.05) is 72.8 Å². The summed E-state index contributed by atoms with van der Waals surface area (Å²) >= 11 is 0. The van der Waals surface area contributed by atoms with Crippen LogP contribution in [0.3, 0.4) is 0 Å². The van der Waals surface area contributed by atoms with Crippen molar-refractivity contribution in [3.05, 3.63) is 83.9 Å². The summed E-state index contributed by atoms with van der Waals surface area (Å²) in [5.74, 6) is -0.0195. The molecule has 0 aliphatic carbocycles. The average molecular weight is 321 g/mol. The lowest BCUT2D eigenvalue weighted by Crippen LogP contribution is -2.40. The van der Waals surface area contributed by atoms with Crippen molar-refractivity contribution < 1.29 is 9.53 Å². The third kappa shape index (κ3) is 4.80. The third-order valence-electron chi connectivity index (χ3n) is 4.22. The third-order valence-corrected chi connectivity index (χ3v) is 4.22. The maximum absolute atomic E-state index is 12.4. The molecule has 1 N–H and O–H groups in total. The first-order valence-electron chi connectivity index (χ1n) is 8.48. The standard InChI is InChI=1S/C21H23NO2/c23-21-20(24-16-18-10-5-2-6-11-18)13-7-12-19(22-21)15-14-17-8-3-1-4-9-17/h1-12,19-20H,13-16H2,(H,22,23)/t19-,20-/m0/s1. The van der Waals surface area contributed by atoms with Crippen molar-refractivity contribution in [2.75, 3.05) is 0 Å². The van der Waals surface area contributed by atoms with Crippen LogP contribution >= 0.6 is 0 Å². The first-order valence-corrected chi connectivity index (χ1v) is 8.48. The molecule has 2 atom stereocenters. The van der Waals surface area contributed by atoms with Crippen molar-refractivity contribution in [3.8, 4) is 0 Å². The van der Waals surface area contributed by atoms with Crippen LogP contribution in [0.1, 0.15) is 24.0 Å². The Hall–Kier alpha value is -2.39. The van der Waals surface area contributed by atoms with E-state index in [4.69, 9.17) is 4.74 Å². The van der Waals surface area contributed by atoms with Gasteiger partial charge in [-0.15, -0.1) is 0 Å². The largest absolute Gasteiger partial charge is 0.363 e. The van der Waals surface area contributed by atoms with E-state index in [1.165, 1.54) is 5.56 Å². The molecular weight excluding hydrogens is 298 g/mol. The Morgan fingerprint density at radius 2 is 1.62 bits per heavy atom. The molecule has 2 aromatic carbocycles. The van der Waals surface area contributed by atoms with Crippen LogP contribution in [0.4, 0.5) is 0 Å². The molecular formula is C21H23NO2. The summed E-state index contributed by atoms with van der Waals surface area (Å²) in [6.45, 7) is 0.460. The summed E-state index contributed by atoms with van der Waals surface area (Å²) in [6, 6.07) is 20.4. The molecule has 0 fully saturated rings. The first kappa shape index (κ1) is 16.5. The highest BCUT2D eigenvalue weighted by Crippen LogP contribution is 2.13. The molecule has 3 heteroatoms. The van der Waals surface area contributed by atoms with Gasteiger partial charge in [0.25, 0.3) is 0 Å². The smallest absolute Gasteiger partial charge is 0.249 e. The van der Waals surface area contributed by atoms with E-state index in [-0.39, 0.29) is 11.9 Å². The molecule has 0 aromatic heterocycles. The molecule has 24 heavy (non-hydrogen) atoms. The Kier molecular flexibility index (Phi) is 5.80. The minimum atomic E-state index is -0.414. The Morgan fingerprint density at radius 3 is 2.33 bits per heavy atom. The Bertz CT molecular complexity index is 667. The topological polar surface area (TPSA) is 38.3 Å². The average Bonchev–Trinajstić information content (AvgIpc) is 2.81. The van der Waals surface area contributed by atoms with E-state index in [0.717, 1.165) is 18.4 Å². The summed E-state index contributed by atoms with van der Waals surface area (Å²) in [6.07, 6.45) is 6.21. The molecule has 124 valence electrons. The highest BCUT2D eigenvalue weighted by atomic mass is 16.5. The van der Waals surface area contributed by atoms with E-state index in [1.807, 2.05) is 48.5 Å². The second-order valence-electron chi connectivity index (χ2n) is 6.09. The zero-order chi connectivity index (χ0) is 16.6. The fraction of sp³-hybridized carbons (Fsp3) is 0.286. The van der Waals surface area contributed by atoms with Crippen LogP contribution in [0.2, 0.25) is 0 Å². The normalized spacial score (nSPS) is 20.4. The number of rotatable bonds is 6. The van der Waals surface area contributed by atoms with Gasteiger partial charge < -0.3 is 10.1 Å². The molecule has 0 saturated heterocycles. The number of carbonyl (C=O) groups is 1. The van der Waals surface area contributed by atoms with Crippen LogP contribution in [0.5, 0.6) is 0 Å². The molecule has 1 aliphatic heterocycles. The van der Waals surface area contributed by atoms with Gasteiger partial charge in [-0.2, -0.15) is 0 Å². The van der Waals surface area contributed by atoms with Crippen molar-refractivity contribution in [3.63, 3.8) is 0 Å². The number of amides is 1. The number of benzene rings is 2. The molecule has 0 radical (unpaired) electrons.